The second kappa shape index (κ2) is 8.26. The summed E-state index contributed by atoms with van der Waals surface area (Å²) >= 11 is 0. The molecule has 0 radical (unpaired) electrons. The number of phenols is 1. The molecule has 0 atom stereocenters. The van der Waals surface area contributed by atoms with Crippen LogP contribution in [0.2, 0.25) is 0 Å². The van der Waals surface area contributed by atoms with Gasteiger partial charge in [-0.2, -0.15) is 8.42 Å². The Hall–Kier alpha value is -2.22. The minimum Gasteiger partial charge on any atom is -1.00 e. The van der Waals surface area contributed by atoms with Crippen molar-refractivity contribution in [1.82, 2.24) is 0 Å². The van der Waals surface area contributed by atoms with E-state index in [1.54, 1.807) is 0 Å². The normalized spacial score (nSPS) is 11.6. The molecule has 0 saturated carbocycles. The van der Waals surface area contributed by atoms with E-state index in [2.05, 4.69) is 4.72 Å². The maximum atomic E-state index is 12.4. The molecule has 0 aromatic heterocycles. The standard InChI is InChI=1S/C16H12N2O8S2.Na.H/c19-16-9-14(28(24,25)26)7-10-1-2-11(8-15(10)16)17-27(22,23)13-5-3-12(4-6-13)18(20)21;;/h1-9,17,19H,(H,24,25,26);;/q;+1;-1. The van der Waals surface area contributed by atoms with Gasteiger partial charge in [-0.3, -0.25) is 19.4 Å². The Morgan fingerprint density at radius 3 is 2.10 bits per heavy atom. The molecule has 13 heteroatoms. The molecule has 0 heterocycles. The summed E-state index contributed by atoms with van der Waals surface area (Å²) in [6.45, 7) is 0. The number of anilines is 1. The summed E-state index contributed by atoms with van der Waals surface area (Å²) in [6, 6.07) is 10.2. The number of hydrogen-bond acceptors (Lipinski definition) is 7. The van der Waals surface area contributed by atoms with Gasteiger partial charge in [-0.25, -0.2) is 8.42 Å². The second-order valence-corrected chi connectivity index (χ2v) is 8.81. The number of rotatable bonds is 5. The third-order valence-electron chi connectivity index (χ3n) is 3.81. The maximum absolute atomic E-state index is 12.4. The maximum Gasteiger partial charge on any atom is 1.00 e. The summed E-state index contributed by atoms with van der Waals surface area (Å²) in [5, 5.41) is 21.1. The second-order valence-electron chi connectivity index (χ2n) is 5.71. The largest absolute Gasteiger partial charge is 1.00 e. The van der Waals surface area contributed by atoms with Crippen LogP contribution in [-0.2, 0) is 20.1 Å². The summed E-state index contributed by atoms with van der Waals surface area (Å²) in [7, 11) is -8.58. The van der Waals surface area contributed by atoms with Crippen molar-refractivity contribution in [3.8, 4) is 5.75 Å². The van der Waals surface area contributed by atoms with E-state index in [0.29, 0.717) is 0 Å². The molecule has 0 aliphatic carbocycles. The Morgan fingerprint density at radius 2 is 1.55 bits per heavy atom. The van der Waals surface area contributed by atoms with E-state index in [0.717, 1.165) is 36.4 Å². The fourth-order valence-corrected chi connectivity index (χ4v) is 4.07. The minimum absolute atomic E-state index is 0. The molecule has 0 aliphatic rings. The van der Waals surface area contributed by atoms with Crippen LogP contribution in [0.4, 0.5) is 11.4 Å². The van der Waals surface area contributed by atoms with E-state index in [9.17, 15) is 32.1 Å². The number of nitro groups is 1. The van der Waals surface area contributed by atoms with Crippen molar-refractivity contribution >= 4 is 42.3 Å². The molecule has 3 aromatic rings. The van der Waals surface area contributed by atoms with E-state index >= 15 is 0 Å². The Balaban J connectivity index is 0.00000225. The van der Waals surface area contributed by atoms with Crippen LogP contribution in [0, 0.1) is 10.1 Å². The number of nitrogens with one attached hydrogen (secondary N) is 1. The average Bonchev–Trinajstić information content (AvgIpc) is 2.61. The zero-order valence-electron chi connectivity index (χ0n) is 15.8. The van der Waals surface area contributed by atoms with E-state index < -0.39 is 35.7 Å². The van der Waals surface area contributed by atoms with E-state index in [1.165, 1.54) is 18.2 Å². The van der Waals surface area contributed by atoms with Crippen molar-refractivity contribution in [1.29, 1.82) is 0 Å². The van der Waals surface area contributed by atoms with Crippen molar-refractivity contribution in [2.75, 3.05) is 4.72 Å². The van der Waals surface area contributed by atoms with Gasteiger partial charge in [0.05, 0.1) is 14.7 Å². The first-order valence-corrected chi connectivity index (χ1v) is 10.4. The van der Waals surface area contributed by atoms with Gasteiger partial charge >= 0.3 is 29.6 Å². The number of fused-ring (bicyclic) bond motifs is 1. The Morgan fingerprint density at radius 1 is 0.931 bits per heavy atom. The van der Waals surface area contributed by atoms with Crippen molar-refractivity contribution in [2.24, 2.45) is 0 Å². The van der Waals surface area contributed by atoms with Crippen LogP contribution in [0.5, 0.6) is 5.75 Å². The molecular formula is C16H13N2NaO8S2. The monoisotopic (exact) mass is 448 g/mol. The van der Waals surface area contributed by atoms with E-state index in [4.69, 9.17) is 4.55 Å². The molecule has 3 rings (SSSR count). The van der Waals surface area contributed by atoms with Crippen LogP contribution < -0.4 is 34.3 Å². The summed E-state index contributed by atoms with van der Waals surface area (Å²) in [5.41, 5.74) is -0.190. The van der Waals surface area contributed by atoms with Crippen molar-refractivity contribution in [3.05, 3.63) is 64.7 Å². The third kappa shape index (κ3) is 5.04. The number of non-ortho nitro benzene ring substituents is 1. The number of nitrogens with zero attached hydrogens (tertiary/aromatic N) is 1. The number of aromatic hydroxyl groups is 1. The van der Waals surface area contributed by atoms with Gasteiger partial charge < -0.3 is 6.53 Å². The molecule has 3 aromatic carbocycles. The third-order valence-corrected chi connectivity index (χ3v) is 6.04. The van der Waals surface area contributed by atoms with Crippen molar-refractivity contribution in [3.63, 3.8) is 0 Å². The zero-order valence-corrected chi connectivity index (χ0v) is 18.4. The zero-order chi connectivity index (χ0) is 20.7. The average molecular weight is 448 g/mol. The SMILES string of the molecule is O=[N+]([O-])c1ccc(S(=O)(=O)Nc2ccc3cc(S(=O)(=O)O)cc(O)c3c2)cc1.[H-].[Na+]. The molecule has 0 aliphatic heterocycles. The summed E-state index contributed by atoms with van der Waals surface area (Å²) in [5.74, 6) is -0.471. The summed E-state index contributed by atoms with van der Waals surface area (Å²) in [4.78, 5) is 9.30. The predicted octanol–water partition coefficient (Wildman–Crippen LogP) is -0.382. The fourth-order valence-electron chi connectivity index (χ4n) is 2.48. The summed E-state index contributed by atoms with van der Waals surface area (Å²) in [6.07, 6.45) is 0. The first-order chi connectivity index (χ1) is 13.0. The number of hydrogen-bond donors (Lipinski definition) is 3. The van der Waals surface area contributed by atoms with E-state index in [-0.39, 0.29) is 58.0 Å². The van der Waals surface area contributed by atoms with Crippen molar-refractivity contribution < 1.29 is 62.4 Å². The summed E-state index contributed by atoms with van der Waals surface area (Å²) < 4.78 is 58.7. The number of sulfonamides is 1. The molecule has 10 nitrogen and oxygen atoms in total. The molecular weight excluding hydrogens is 435 g/mol. The Labute approximate surface area is 188 Å². The van der Waals surface area contributed by atoms with Crippen LogP contribution in [0.3, 0.4) is 0 Å². The molecule has 148 valence electrons. The molecule has 0 spiro atoms. The Kier molecular flexibility index (Phi) is 6.57. The van der Waals surface area contributed by atoms with Crippen LogP contribution >= 0.6 is 0 Å². The number of nitro benzene ring substituents is 1. The molecule has 0 bridgehead atoms. The molecule has 3 N–H and O–H groups in total. The van der Waals surface area contributed by atoms with Gasteiger partial charge in [0.15, 0.2) is 0 Å². The van der Waals surface area contributed by atoms with Crippen LogP contribution in [-0.4, -0.2) is 31.4 Å². The molecule has 0 fully saturated rings. The van der Waals surface area contributed by atoms with Gasteiger partial charge in [0, 0.05) is 29.3 Å². The van der Waals surface area contributed by atoms with Crippen LogP contribution in [0.1, 0.15) is 1.43 Å². The molecule has 0 amide bonds. The Bertz CT molecular complexity index is 1310. The van der Waals surface area contributed by atoms with Crippen molar-refractivity contribution in [2.45, 2.75) is 9.79 Å². The van der Waals surface area contributed by atoms with Gasteiger partial charge in [-0.15, -0.1) is 0 Å². The van der Waals surface area contributed by atoms with Crippen LogP contribution in [0.15, 0.2) is 64.4 Å². The fraction of sp³-hybridized carbons (Fsp3) is 0. The van der Waals surface area contributed by atoms with Gasteiger partial charge in [-0.05, 0) is 35.7 Å². The quantitative estimate of drug-likeness (QED) is 0.206. The number of phenolic OH excluding ortho intramolecular Hbond substituents is 1. The van der Waals surface area contributed by atoms with E-state index in [1.807, 2.05) is 0 Å². The molecule has 29 heavy (non-hydrogen) atoms. The first kappa shape index (κ1) is 23.1. The first-order valence-electron chi connectivity index (χ1n) is 7.49. The van der Waals surface area contributed by atoms with Gasteiger partial charge in [0.1, 0.15) is 5.75 Å². The van der Waals surface area contributed by atoms with Gasteiger partial charge in [0.2, 0.25) is 0 Å². The topological polar surface area (TPSA) is 164 Å². The molecule has 0 saturated heterocycles. The molecule has 0 unspecified atom stereocenters. The van der Waals surface area contributed by atoms with Gasteiger partial charge in [0.25, 0.3) is 25.8 Å². The smallest absolute Gasteiger partial charge is 1.00 e. The van der Waals surface area contributed by atoms with Gasteiger partial charge in [-0.1, -0.05) is 6.07 Å². The van der Waals surface area contributed by atoms with Crippen LogP contribution in [0.25, 0.3) is 10.8 Å². The predicted molar refractivity (Wildman–Crippen MR) is 100 cm³/mol. The number of benzene rings is 3. The minimum atomic E-state index is -4.52.